The zero-order valence-electron chi connectivity index (χ0n) is 15.0. The highest BCUT2D eigenvalue weighted by Crippen LogP contribution is 2.23. The number of amides is 2. The number of para-hydroxylation sites is 1. The van der Waals surface area contributed by atoms with Gasteiger partial charge in [0.15, 0.2) is 6.10 Å². The minimum absolute atomic E-state index is 0.253. The van der Waals surface area contributed by atoms with Crippen molar-refractivity contribution in [1.29, 1.82) is 0 Å². The Bertz CT molecular complexity index is 1100. The molecule has 1 aliphatic heterocycles. The van der Waals surface area contributed by atoms with Crippen molar-refractivity contribution in [2.45, 2.75) is 13.0 Å². The molecule has 0 unspecified atom stereocenters. The van der Waals surface area contributed by atoms with Gasteiger partial charge in [-0.3, -0.25) is 24.1 Å². The van der Waals surface area contributed by atoms with Crippen molar-refractivity contribution in [1.82, 2.24) is 9.88 Å². The lowest BCUT2D eigenvalue weighted by molar-refractivity contribution is -0.146. The molecule has 1 atom stereocenters. The molecule has 2 amide bonds. The van der Waals surface area contributed by atoms with Gasteiger partial charge in [0.25, 0.3) is 11.8 Å². The van der Waals surface area contributed by atoms with Crippen LogP contribution in [0.1, 0.15) is 38.0 Å². The highest BCUT2D eigenvalue weighted by Gasteiger charge is 2.37. The van der Waals surface area contributed by atoms with Gasteiger partial charge in [-0.25, -0.2) is 0 Å². The molecule has 3 aromatic rings. The Morgan fingerprint density at radius 3 is 2.29 bits per heavy atom. The third-order valence-corrected chi connectivity index (χ3v) is 4.70. The van der Waals surface area contributed by atoms with Crippen LogP contribution in [0.2, 0.25) is 0 Å². The van der Waals surface area contributed by atoms with Gasteiger partial charge in [0.2, 0.25) is 5.78 Å². The van der Waals surface area contributed by atoms with E-state index in [0.29, 0.717) is 5.56 Å². The number of imide groups is 1. The number of esters is 1. The van der Waals surface area contributed by atoms with Gasteiger partial charge in [0, 0.05) is 22.7 Å². The van der Waals surface area contributed by atoms with Crippen molar-refractivity contribution in [3.63, 3.8) is 0 Å². The molecule has 7 heteroatoms. The van der Waals surface area contributed by atoms with Crippen LogP contribution in [0.25, 0.3) is 10.9 Å². The number of ketones is 1. The Morgan fingerprint density at radius 1 is 1.00 bits per heavy atom. The molecule has 1 aromatic heterocycles. The normalized spacial score (nSPS) is 14.2. The van der Waals surface area contributed by atoms with E-state index in [-0.39, 0.29) is 16.9 Å². The summed E-state index contributed by atoms with van der Waals surface area (Å²) in [5.41, 5.74) is 1.72. The molecule has 7 nitrogen and oxygen atoms in total. The predicted octanol–water partition coefficient (Wildman–Crippen LogP) is 2.58. The first kappa shape index (κ1) is 17.7. The molecule has 0 bridgehead atoms. The van der Waals surface area contributed by atoms with Crippen molar-refractivity contribution in [2.75, 3.05) is 6.54 Å². The number of Topliss-reactive ketones (excluding diaryl/α,β-unsaturated/α-hetero) is 1. The molecule has 28 heavy (non-hydrogen) atoms. The molecule has 0 aliphatic carbocycles. The number of aromatic nitrogens is 1. The van der Waals surface area contributed by atoms with Gasteiger partial charge >= 0.3 is 5.97 Å². The topological polar surface area (TPSA) is 96.5 Å². The maximum Gasteiger partial charge on any atom is 0.326 e. The van der Waals surface area contributed by atoms with Crippen molar-refractivity contribution in [3.05, 3.63) is 71.4 Å². The molecular formula is C21H16N2O5. The highest BCUT2D eigenvalue weighted by atomic mass is 16.5. The van der Waals surface area contributed by atoms with E-state index in [1.165, 1.54) is 19.1 Å². The zero-order chi connectivity index (χ0) is 19.8. The van der Waals surface area contributed by atoms with Gasteiger partial charge in [0.05, 0.1) is 11.1 Å². The van der Waals surface area contributed by atoms with Crippen LogP contribution < -0.4 is 0 Å². The van der Waals surface area contributed by atoms with Gasteiger partial charge in [0.1, 0.15) is 6.54 Å². The van der Waals surface area contributed by atoms with E-state index < -0.39 is 30.4 Å². The molecule has 0 spiro atoms. The molecule has 4 rings (SSSR count). The second-order valence-corrected chi connectivity index (χ2v) is 6.49. The number of hydrogen-bond donors (Lipinski definition) is 1. The Kier molecular flexibility index (Phi) is 4.27. The van der Waals surface area contributed by atoms with Gasteiger partial charge in [-0.05, 0) is 25.1 Å². The number of nitrogens with one attached hydrogen (secondary N) is 1. The molecule has 2 heterocycles. The molecule has 0 saturated carbocycles. The summed E-state index contributed by atoms with van der Waals surface area (Å²) in [6.45, 7) is 0.919. The molecule has 2 aromatic carbocycles. The Balaban J connectivity index is 1.45. The van der Waals surface area contributed by atoms with Crippen LogP contribution in [-0.2, 0) is 9.53 Å². The summed E-state index contributed by atoms with van der Waals surface area (Å²) in [4.78, 5) is 53.4. The first-order valence-electron chi connectivity index (χ1n) is 8.72. The van der Waals surface area contributed by atoms with Crippen molar-refractivity contribution in [3.8, 4) is 0 Å². The number of H-pyrrole nitrogens is 1. The summed E-state index contributed by atoms with van der Waals surface area (Å²) in [5.74, 6) is -2.29. The number of rotatable bonds is 5. The second-order valence-electron chi connectivity index (χ2n) is 6.49. The molecule has 0 fully saturated rings. The number of hydrogen-bond acceptors (Lipinski definition) is 5. The lowest BCUT2D eigenvalue weighted by Crippen LogP contribution is -2.37. The number of aromatic amines is 1. The molecule has 0 radical (unpaired) electrons. The number of carbonyl (C=O) groups is 4. The monoisotopic (exact) mass is 376 g/mol. The van der Waals surface area contributed by atoms with Crippen LogP contribution in [0, 0.1) is 0 Å². The van der Waals surface area contributed by atoms with Crippen LogP contribution in [0.5, 0.6) is 0 Å². The van der Waals surface area contributed by atoms with Crippen LogP contribution in [-0.4, -0.2) is 46.1 Å². The number of fused-ring (bicyclic) bond motifs is 2. The minimum Gasteiger partial charge on any atom is -0.453 e. The summed E-state index contributed by atoms with van der Waals surface area (Å²) in [6.07, 6.45) is 0.517. The molecular weight excluding hydrogens is 360 g/mol. The summed E-state index contributed by atoms with van der Waals surface area (Å²) in [6, 6.07) is 13.7. The Hall–Kier alpha value is -3.74. The largest absolute Gasteiger partial charge is 0.453 e. The SMILES string of the molecule is C[C@H](OC(=O)CN1C(=O)c2ccccc2C1=O)C(=O)c1c[nH]c2ccccc12. The summed E-state index contributed by atoms with van der Waals surface area (Å²) < 4.78 is 5.19. The third kappa shape index (κ3) is 2.87. The van der Waals surface area contributed by atoms with Crippen LogP contribution in [0.15, 0.2) is 54.7 Å². The maximum atomic E-state index is 12.7. The third-order valence-electron chi connectivity index (χ3n) is 4.70. The van der Waals surface area contributed by atoms with Gasteiger partial charge in [-0.2, -0.15) is 0 Å². The van der Waals surface area contributed by atoms with Gasteiger partial charge < -0.3 is 9.72 Å². The second kappa shape index (κ2) is 6.77. The Labute approximate surface area is 159 Å². The standard InChI is InChI=1S/C21H16N2O5/c1-12(19(25)16-10-22-17-9-5-4-6-13(16)17)28-18(24)11-23-20(26)14-7-2-3-8-15(14)21(23)27/h2-10,12,22H,11H2,1H3/t12-/m0/s1. The summed E-state index contributed by atoms with van der Waals surface area (Å²) in [7, 11) is 0. The summed E-state index contributed by atoms with van der Waals surface area (Å²) in [5, 5.41) is 0.732. The van der Waals surface area contributed by atoms with Gasteiger partial charge in [-0.15, -0.1) is 0 Å². The van der Waals surface area contributed by atoms with Crippen LogP contribution >= 0.6 is 0 Å². The average molecular weight is 376 g/mol. The number of nitrogens with zero attached hydrogens (tertiary/aromatic N) is 1. The first-order valence-corrected chi connectivity index (χ1v) is 8.72. The lowest BCUT2D eigenvalue weighted by Gasteiger charge is -2.16. The average Bonchev–Trinajstić information content (AvgIpc) is 3.23. The van der Waals surface area contributed by atoms with E-state index in [1.54, 1.807) is 24.4 Å². The lowest BCUT2D eigenvalue weighted by atomic mass is 10.1. The van der Waals surface area contributed by atoms with Crippen molar-refractivity contribution >= 4 is 34.5 Å². The smallest absolute Gasteiger partial charge is 0.326 e. The molecule has 1 N–H and O–H groups in total. The Morgan fingerprint density at radius 2 is 1.61 bits per heavy atom. The van der Waals surface area contributed by atoms with E-state index in [2.05, 4.69) is 4.98 Å². The van der Waals surface area contributed by atoms with E-state index in [1.807, 2.05) is 18.2 Å². The fourth-order valence-electron chi connectivity index (χ4n) is 3.29. The summed E-state index contributed by atoms with van der Waals surface area (Å²) >= 11 is 0. The van der Waals surface area contributed by atoms with E-state index in [4.69, 9.17) is 4.74 Å². The number of benzene rings is 2. The zero-order valence-corrected chi connectivity index (χ0v) is 15.0. The van der Waals surface area contributed by atoms with E-state index in [0.717, 1.165) is 15.8 Å². The fourth-order valence-corrected chi connectivity index (χ4v) is 3.29. The maximum absolute atomic E-state index is 12.7. The fraction of sp³-hybridized carbons (Fsp3) is 0.143. The quantitative estimate of drug-likeness (QED) is 0.419. The van der Waals surface area contributed by atoms with Crippen LogP contribution in [0.4, 0.5) is 0 Å². The van der Waals surface area contributed by atoms with Gasteiger partial charge in [-0.1, -0.05) is 30.3 Å². The van der Waals surface area contributed by atoms with Crippen LogP contribution in [0.3, 0.4) is 0 Å². The first-order chi connectivity index (χ1) is 13.5. The van der Waals surface area contributed by atoms with E-state index >= 15 is 0 Å². The highest BCUT2D eigenvalue weighted by molar-refractivity contribution is 6.22. The predicted molar refractivity (Wildman–Crippen MR) is 100.0 cm³/mol. The molecule has 0 saturated heterocycles. The minimum atomic E-state index is -1.05. The number of carbonyl (C=O) groups excluding carboxylic acids is 4. The molecule has 140 valence electrons. The van der Waals surface area contributed by atoms with Crippen molar-refractivity contribution < 1.29 is 23.9 Å². The number of ether oxygens (including phenoxy) is 1. The van der Waals surface area contributed by atoms with E-state index in [9.17, 15) is 19.2 Å². The molecule has 1 aliphatic rings. The van der Waals surface area contributed by atoms with Crippen molar-refractivity contribution in [2.24, 2.45) is 0 Å².